The predicted molar refractivity (Wildman–Crippen MR) is 57.1 cm³/mol. The summed E-state index contributed by atoms with van der Waals surface area (Å²) in [4.78, 5) is 0. The number of hydrogen-bond donors (Lipinski definition) is 1. The molecule has 2 heteroatoms. The second kappa shape index (κ2) is 4.11. The first kappa shape index (κ1) is 9.69. The molecule has 0 amide bonds. The van der Waals surface area contributed by atoms with Crippen molar-refractivity contribution in [3.8, 4) is 0 Å². The van der Waals surface area contributed by atoms with Crippen LogP contribution < -0.4 is 5.32 Å². The largest absolute Gasteiger partial charge is 0.379 e. The molecule has 1 aliphatic rings. The third-order valence-corrected chi connectivity index (χ3v) is 2.78. The number of benzene rings is 1. The zero-order chi connectivity index (χ0) is 9.86. The Bertz CT molecular complexity index is 278. The summed E-state index contributed by atoms with van der Waals surface area (Å²) in [6.07, 6.45) is 1.11. The normalized spacial score (nSPS) is 26.6. The SMILES string of the molecule is CC1(NCc2ccccc2)CCOC1. The molecule has 1 aromatic carbocycles. The van der Waals surface area contributed by atoms with Crippen molar-refractivity contribution in [2.75, 3.05) is 13.2 Å². The van der Waals surface area contributed by atoms with Crippen LogP contribution in [0.15, 0.2) is 30.3 Å². The fourth-order valence-electron chi connectivity index (χ4n) is 1.72. The van der Waals surface area contributed by atoms with Crippen LogP contribution >= 0.6 is 0 Å². The maximum Gasteiger partial charge on any atom is 0.0646 e. The lowest BCUT2D eigenvalue weighted by molar-refractivity contribution is 0.171. The first-order valence-corrected chi connectivity index (χ1v) is 5.15. The Morgan fingerprint density at radius 2 is 2.14 bits per heavy atom. The van der Waals surface area contributed by atoms with Crippen molar-refractivity contribution in [2.45, 2.75) is 25.4 Å². The molecule has 0 spiro atoms. The molecule has 1 unspecified atom stereocenters. The third-order valence-electron chi connectivity index (χ3n) is 2.78. The van der Waals surface area contributed by atoms with Crippen molar-refractivity contribution in [1.82, 2.24) is 5.32 Å². The van der Waals surface area contributed by atoms with Crippen molar-refractivity contribution in [2.24, 2.45) is 0 Å². The van der Waals surface area contributed by atoms with Gasteiger partial charge in [0, 0.05) is 18.7 Å². The molecule has 14 heavy (non-hydrogen) atoms. The van der Waals surface area contributed by atoms with E-state index in [1.807, 2.05) is 6.07 Å². The summed E-state index contributed by atoms with van der Waals surface area (Å²) in [6.45, 7) is 4.88. The molecule has 1 atom stereocenters. The fraction of sp³-hybridized carbons (Fsp3) is 0.500. The van der Waals surface area contributed by atoms with Crippen LogP contribution in [0.3, 0.4) is 0 Å². The first-order valence-electron chi connectivity index (χ1n) is 5.15. The molecule has 0 bridgehead atoms. The van der Waals surface area contributed by atoms with Crippen LogP contribution in [0.4, 0.5) is 0 Å². The van der Waals surface area contributed by atoms with Crippen LogP contribution in [-0.4, -0.2) is 18.8 Å². The fourth-order valence-corrected chi connectivity index (χ4v) is 1.72. The molecule has 76 valence electrons. The molecular weight excluding hydrogens is 174 g/mol. The number of rotatable bonds is 3. The van der Waals surface area contributed by atoms with Gasteiger partial charge in [0.25, 0.3) is 0 Å². The minimum Gasteiger partial charge on any atom is -0.379 e. The molecule has 0 aromatic heterocycles. The van der Waals surface area contributed by atoms with E-state index in [1.165, 1.54) is 5.56 Å². The Labute approximate surface area is 85.3 Å². The molecule has 0 saturated carbocycles. The van der Waals surface area contributed by atoms with Crippen LogP contribution in [0.1, 0.15) is 18.9 Å². The molecule has 0 aliphatic carbocycles. The standard InChI is InChI=1S/C12H17NO/c1-12(7-8-14-10-12)13-9-11-5-3-2-4-6-11/h2-6,13H,7-10H2,1H3. The quantitative estimate of drug-likeness (QED) is 0.788. The van der Waals surface area contributed by atoms with Gasteiger partial charge in [-0.15, -0.1) is 0 Å². The van der Waals surface area contributed by atoms with Gasteiger partial charge in [-0.3, -0.25) is 0 Å². The summed E-state index contributed by atoms with van der Waals surface area (Å²) in [5.41, 5.74) is 1.51. The van der Waals surface area contributed by atoms with Crippen molar-refractivity contribution < 1.29 is 4.74 Å². The first-order chi connectivity index (χ1) is 6.79. The Hall–Kier alpha value is -0.860. The molecule has 1 saturated heterocycles. The lowest BCUT2D eigenvalue weighted by Gasteiger charge is -2.23. The average molecular weight is 191 g/mol. The predicted octanol–water partition coefficient (Wildman–Crippen LogP) is 1.96. The maximum atomic E-state index is 5.39. The Kier molecular flexibility index (Phi) is 2.85. The molecular formula is C12H17NO. The van der Waals surface area contributed by atoms with Gasteiger partial charge in [0.2, 0.25) is 0 Å². The molecule has 2 rings (SSSR count). The van der Waals surface area contributed by atoms with E-state index >= 15 is 0 Å². The zero-order valence-electron chi connectivity index (χ0n) is 8.62. The lowest BCUT2D eigenvalue weighted by Crippen LogP contribution is -2.42. The Morgan fingerprint density at radius 1 is 1.36 bits per heavy atom. The summed E-state index contributed by atoms with van der Waals surface area (Å²) in [5.74, 6) is 0. The van der Waals surface area contributed by atoms with Gasteiger partial charge >= 0.3 is 0 Å². The van der Waals surface area contributed by atoms with E-state index in [2.05, 4.69) is 36.5 Å². The van der Waals surface area contributed by atoms with E-state index < -0.39 is 0 Å². The summed E-state index contributed by atoms with van der Waals surface area (Å²) >= 11 is 0. The summed E-state index contributed by atoms with van der Waals surface area (Å²) in [7, 11) is 0. The van der Waals surface area contributed by atoms with E-state index in [-0.39, 0.29) is 5.54 Å². The molecule has 1 heterocycles. The van der Waals surface area contributed by atoms with Crippen molar-refractivity contribution in [3.05, 3.63) is 35.9 Å². The van der Waals surface area contributed by atoms with E-state index in [1.54, 1.807) is 0 Å². The maximum absolute atomic E-state index is 5.39. The van der Waals surface area contributed by atoms with Gasteiger partial charge in [0.1, 0.15) is 0 Å². The smallest absolute Gasteiger partial charge is 0.0646 e. The zero-order valence-corrected chi connectivity index (χ0v) is 8.62. The molecule has 0 radical (unpaired) electrons. The molecule has 1 aromatic rings. The van der Waals surface area contributed by atoms with Gasteiger partial charge in [-0.2, -0.15) is 0 Å². The van der Waals surface area contributed by atoms with Crippen molar-refractivity contribution >= 4 is 0 Å². The lowest BCUT2D eigenvalue weighted by atomic mass is 10.0. The number of hydrogen-bond acceptors (Lipinski definition) is 2. The summed E-state index contributed by atoms with van der Waals surface area (Å²) < 4.78 is 5.39. The van der Waals surface area contributed by atoms with Crippen LogP contribution in [0.5, 0.6) is 0 Å². The number of ether oxygens (including phenoxy) is 1. The average Bonchev–Trinajstić information content (AvgIpc) is 2.65. The molecule has 1 N–H and O–H groups in total. The highest BCUT2D eigenvalue weighted by atomic mass is 16.5. The van der Waals surface area contributed by atoms with Crippen molar-refractivity contribution in [1.29, 1.82) is 0 Å². The highest BCUT2D eigenvalue weighted by molar-refractivity contribution is 5.14. The van der Waals surface area contributed by atoms with Gasteiger partial charge in [-0.05, 0) is 18.9 Å². The van der Waals surface area contributed by atoms with E-state index in [9.17, 15) is 0 Å². The van der Waals surface area contributed by atoms with E-state index in [4.69, 9.17) is 4.74 Å². The topological polar surface area (TPSA) is 21.3 Å². The highest BCUT2D eigenvalue weighted by Crippen LogP contribution is 2.17. The Balaban J connectivity index is 1.88. The van der Waals surface area contributed by atoms with Gasteiger partial charge < -0.3 is 10.1 Å². The minimum absolute atomic E-state index is 0.176. The Morgan fingerprint density at radius 3 is 2.79 bits per heavy atom. The third kappa shape index (κ3) is 2.34. The highest BCUT2D eigenvalue weighted by Gasteiger charge is 2.28. The van der Waals surface area contributed by atoms with Gasteiger partial charge in [0.05, 0.1) is 6.61 Å². The second-order valence-corrected chi connectivity index (χ2v) is 4.20. The van der Waals surface area contributed by atoms with Crippen LogP contribution in [0, 0.1) is 0 Å². The summed E-state index contributed by atoms with van der Waals surface area (Å²) in [6, 6.07) is 10.5. The van der Waals surface area contributed by atoms with Crippen LogP contribution in [0.25, 0.3) is 0 Å². The molecule has 2 nitrogen and oxygen atoms in total. The summed E-state index contributed by atoms with van der Waals surface area (Å²) in [5, 5.41) is 3.55. The van der Waals surface area contributed by atoms with Crippen LogP contribution in [0.2, 0.25) is 0 Å². The minimum atomic E-state index is 0.176. The monoisotopic (exact) mass is 191 g/mol. The van der Waals surface area contributed by atoms with E-state index in [0.29, 0.717) is 0 Å². The van der Waals surface area contributed by atoms with Gasteiger partial charge in [0.15, 0.2) is 0 Å². The van der Waals surface area contributed by atoms with Crippen LogP contribution in [-0.2, 0) is 11.3 Å². The second-order valence-electron chi connectivity index (χ2n) is 4.20. The number of nitrogens with one attached hydrogen (secondary N) is 1. The van der Waals surface area contributed by atoms with E-state index in [0.717, 1.165) is 26.2 Å². The van der Waals surface area contributed by atoms with Gasteiger partial charge in [-0.1, -0.05) is 30.3 Å². The molecule has 1 fully saturated rings. The van der Waals surface area contributed by atoms with Gasteiger partial charge in [-0.25, -0.2) is 0 Å². The van der Waals surface area contributed by atoms with Crippen molar-refractivity contribution in [3.63, 3.8) is 0 Å². The molecule has 1 aliphatic heterocycles.